The van der Waals surface area contributed by atoms with Gasteiger partial charge in [-0.25, -0.2) is 13.1 Å². The van der Waals surface area contributed by atoms with Crippen molar-refractivity contribution in [3.63, 3.8) is 0 Å². The second-order valence-corrected chi connectivity index (χ2v) is 5.95. The number of hydrogen-bond donors (Lipinski definition) is 2. The van der Waals surface area contributed by atoms with E-state index < -0.39 is 10.0 Å². The number of rotatable bonds is 7. The van der Waals surface area contributed by atoms with Gasteiger partial charge in [0.1, 0.15) is 0 Å². The maximum Gasteiger partial charge on any atom is 0.240 e. The summed E-state index contributed by atoms with van der Waals surface area (Å²) in [6.45, 7) is 3.67. The van der Waals surface area contributed by atoms with Crippen molar-refractivity contribution in [2.45, 2.75) is 25.2 Å². The van der Waals surface area contributed by atoms with E-state index in [1.54, 1.807) is 13.0 Å². The Hall–Kier alpha value is -1.73. The quantitative estimate of drug-likeness (QED) is 0.725. The Balaban J connectivity index is 2.72. The van der Waals surface area contributed by atoms with Crippen LogP contribution in [-0.2, 0) is 14.8 Å². The Morgan fingerprint density at radius 3 is 2.55 bits per heavy atom. The van der Waals surface area contributed by atoms with Gasteiger partial charge < -0.3 is 5.32 Å². The molecule has 0 bridgehead atoms. The van der Waals surface area contributed by atoms with Gasteiger partial charge in [0.2, 0.25) is 15.9 Å². The average molecular weight is 298 g/mol. The van der Waals surface area contributed by atoms with Crippen LogP contribution in [0.1, 0.15) is 30.6 Å². The highest BCUT2D eigenvalue weighted by atomic mass is 32.2. The lowest BCUT2D eigenvalue weighted by atomic mass is 10.2. The second-order valence-electron chi connectivity index (χ2n) is 4.19. The van der Waals surface area contributed by atoms with Gasteiger partial charge >= 0.3 is 0 Å². The number of amides is 1. The Kier molecular flexibility index (Phi) is 5.84. The van der Waals surface area contributed by atoms with Crippen molar-refractivity contribution >= 4 is 21.7 Å². The van der Waals surface area contributed by atoms with E-state index in [-0.39, 0.29) is 29.6 Å². The van der Waals surface area contributed by atoms with Gasteiger partial charge in [0, 0.05) is 25.1 Å². The van der Waals surface area contributed by atoms with E-state index in [0.717, 1.165) is 0 Å². The van der Waals surface area contributed by atoms with Crippen LogP contribution >= 0.6 is 0 Å². The molecule has 0 saturated heterocycles. The molecule has 0 aliphatic heterocycles. The lowest BCUT2D eigenvalue weighted by Crippen LogP contribution is -2.30. The Bertz CT molecular complexity index is 596. The lowest BCUT2D eigenvalue weighted by Gasteiger charge is -2.07. The molecule has 1 aromatic rings. The number of nitrogens with one attached hydrogen (secondary N) is 2. The van der Waals surface area contributed by atoms with Crippen molar-refractivity contribution in [1.82, 2.24) is 10.0 Å². The summed E-state index contributed by atoms with van der Waals surface area (Å²) in [5.41, 5.74) is 0.330. The number of Topliss-reactive ketones (excluding diaryl/α,β-unsaturated/α-hetero) is 1. The van der Waals surface area contributed by atoms with E-state index in [1.165, 1.54) is 25.1 Å². The molecule has 0 aliphatic carbocycles. The summed E-state index contributed by atoms with van der Waals surface area (Å²) in [6.07, 6.45) is 0.0689. The van der Waals surface area contributed by atoms with Gasteiger partial charge in [0.05, 0.1) is 4.90 Å². The minimum atomic E-state index is -3.71. The number of benzene rings is 1. The van der Waals surface area contributed by atoms with Gasteiger partial charge in [0.25, 0.3) is 0 Å². The fraction of sp³-hybridized carbons (Fsp3) is 0.385. The van der Waals surface area contributed by atoms with E-state index in [2.05, 4.69) is 10.0 Å². The third kappa shape index (κ3) is 4.75. The van der Waals surface area contributed by atoms with E-state index in [0.29, 0.717) is 12.1 Å². The van der Waals surface area contributed by atoms with Crippen molar-refractivity contribution in [3.05, 3.63) is 29.8 Å². The first-order valence-electron chi connectivity index (χ1n) is 6.24. The van der Waals surface area contributed by atoms with Crippen LogP contribution in [0.15, 0.2) is 29.2 Å². The molecule has 1 amide bonds. The number of ketones is 1. The molecule has 0 spiro atoms. The summed E-state index contributed by atoms with van der Waals surface area (Å²) < 4.78 is 26.3. The summed E-state index contributed by atoms with van der Waals surface area (Å²) >= 11 is 0. The molecule has 1 rings (SSSR count). The number of hydrogen-bond acceptors (Lipinski definition) is 4. The number of carbonyl (C=O) groups excluding carboxylic acids is 2. The SMILES string of the molecule is CCNC(=O)CCNS(=O)(=O)c1cccc(C(C)=O)c1. The Labute approximate surface area is 118 Å². The summed E-state index contributed by atoms with van der Waals surface area (Å²) in [5.74, 6) is -0.419. The average Bonchev–Trinajstić information content (AvgIpc) is 2.39. The molecular formula is C13H18N2O4S. The van der Waals surface area contributed by atoms with Crippen LogP contribution in [0.25, 0.3) is 0 Å². The number of carbonyl (C=O) groups is 2. The highest BCUT2D eigenvalue weighted by Crippen LogP contribution is 2.11. The first-order chi connectivity index (χ1) is 9.36. The molecule has 7 heteroatoms. The zero-order valence-corrected chi connectivity index (χ0v) is 12.3. The molecule has 0 aliphatic rings. The fourth-order valence-corrected chi connectivity index (χ4v) is 2.63. The largest absolute Gasteiger partial charge is 0.356 e. The van der Waals surface area contributed by atoms with Crippen LogP contribution in [0.5, 0.6) is 0 Å². The van der Waals surface area contributed by atoms with Gasteiger partial charge in [-0.2, -0.15) is 0 Å². The molecule has 0 radical (unpaired) electrons. The maximum atomic E-state index is 12.0. The van der Waals surface area contributed by atoms with Crippen LogP contribution in [0.3, 0.4) is 0 Å². The van der Waals surface area contributed by atoms with Gasteiger partial charge in [0.15, 0.2) is 5.78 Å². The van der Waals surface area contributed by atoms with Gasteiger partial charge in [-0.05, 0) is 26.0 Å². The minimum Gasteiger partial charge on any atom is -0.356 e. The summed E-state index contributed by atoms with van der Waals surface area (Å²) in [4.78, 5) is 22.5. The van der Waals surface area contributed by atoms with Gasteiger partial charge in [-0.15, -0.1) is 0 Å². The third-order valence-corrected chi connectivity index (χ3v) is 4.03. The van der Waals surface area contributed by atoms with Crippen LogP contribution < -0.4 is 10.0 Å². The molecule has 0 unspecified atom stereocenters. The lowest BCUT2D eigenvalue weighted by molar-refractivity contribution is -0.120. The molecule has 0 atom stereocenters. The van der Waals surface area contributed by atoms with Crippen molar-refractivity contribution < 1.29 is 18.0 Å². The molecule has 2 N–H and O–H groups in total. The van der Waals surface area contributed by atoms with Crippen molar-refractivity contribution in [3.8, 4) is 0 Å². The predicted molar refractivity (Wildman–Crippen MR) is 74.9 cm³/mol. The highest BCUT2D eigenvalue weighted by molar-refractivity contribution is 7.89. The van der Waals surface area contributed by atoms with Crippen LogP contribution in [0, 0.1) is 0 Å². The van der Waals surface area contributed by atoms with Crippen molar-refractivity contribution in [1.29, 1.82) is 0 Å². The van der Waals surface area contributed by atoms with Crippen molar-refractivity contribution in [2.75, 3.05) is 13.1 Å². The van der Waals surface area contributed by atoms with Crippen LogP contribution in [0.4, 0.5) is 0 Å². The van der Waals surface area contributed by atoms with E-state index in [9.17, 15) is 18.0 Å². The Morgan fingerprint density at radius 1 is 1.25 bits per heavy atom. The monoisotopic (exact) mass is 298 g/mol. The first kappa shape index (κ1) is 16.3. The summed E-state index contributed by atoms with van der Waals surface area (Å²) in [7, 11) is -3.71. The maximum absolute atomic E-state index is 12.0. The third-order valence-electron chi connectivity index (χ3n) is 2.57. The number of sulfonamides is 1. The molecule has 1 aromatic carbocycles. The molecule has 0 fully saturated rings. The molecule has 20 heavy (non-hydrogen) atoms. The first-order valence-corrected chi connectivity index (χ1v) is 7.72. The van der Waals surface area contributed by atoms with Gasteiger partial charge in [-0.1, -0.05) is 12.1 Å². The molecule has 0 heterocycles. The van der Waals surface area contributed by atoms with E-state index >= 15 is 0 Å². The normalized spacial score (nSPS) is 11.1. The van der Waals surface area contributed by atoms with Crippen LogP contribution in [-0.4, -0.2) is 33.2 Å². The smallest absolute Gasteiger partial charge is 0.240 e. The highest BCUT2D eigenvalue weighted by Gasteiger charge is 2.15. The molecule has 0 aromatic heterocycles. The molecule has 6 nitrogen and oxygen atoms in total. The topological polar surface area (TPSA) is 92.3 Å². The van der Waals surface area contributed by atoms with E-state index in [4.69, 9.17) is 0 Å². The van der Waals surface area contributed by atoms with E-state index in [1.807, 2.05) is 0 Å². The van der Waals surface area contributed by atoms with Crippen molar-refractivity contribution in [2.24, 2.45) is 0 Å². The summed E-state index contributed by atoms with van der Waals surface area (Å²) in [5, 5.41) is 2.58. The van der Waals surface area contributed by atoms with Gasteiger partial charge in [-0.3, -0.25) is 9.59 Å². The minimum absolute atomic E-state index is 0.0124. The second kappa shape index (κ2) is 7.16. The zero-order valence-electron chi connectivity index (χ0n) is 11.5. The van der Waals surface area contributed by atoms with Crippen LogP contribution in [0.2, 0.25) is 0 Å². The zero-order chi connectivity index (χ0) is 15.2. The Morgan fingerprint density at radius 2 is 1.95 bits per heavy atom. The standard InChI is InChI=1S/C13H18N2O4S/c1-3-14-13(17)7-8-15-20(18,19)12-6-4-5-11(9-12)10(2)16/h4-6,9,15H,3,7-8H2,1-2H3,(H,14,17). The molecule has 0 saturated carbocycles. The molecular weight excluding hydrogens is 280 g/mol. The molecule has 110 valence electrons. The predicted octanol–water partition coefficient (Wildman–Crippen LogP) is 0.694. The fourth-order valence-electron chi connectivity index (χ4n) is 1.55. The summed E-state index contributed by atoms with van der Waals surface area (Å²) in [6, 6.07) is 5.78.